The minimum absolute atomic E-state index is 0.257. The predicted octanol–water partition coefficient (Wildman–Crippen LogP) is 0.472. The van der Waals surface area contributed by atoms with Crippen molar-refractivity contribution in [2.45, 2.75) is 38.2 Å². The van der Waals surface area contributed by atoms with E-state index in [1.165, 1.54) is 0 Å². The van der Waals surface area contributed by atoms with Crippen molar-refractivity contribution < 1.29 is 14.6 Å². The van der Waals surface area contributed by atoms with Gasteiger partial charge in [0.05, 0.1) is 18.8 Å². The van der Waals surface area contributed by atoms with Crippen molar-refractivity contribution >= 4 is 5.91 Å². The van der Waals surface area contributed by atoms with E-state index in [2.05, 4.69) is 4.90 Å². The van der Waals surface area contributed by atoms with Gasteiger partial charge in [-0.2, -0.15) is 0 Å². The Morgan fingerprint density at radius 2 is 1.84 bits per heavy atom. The lowest BCUT2D eigenvalue weighted by Crippen LogP contribution is -2.43. The number of carbonyl (C=O) groups excluding carboxylic acids is 1. The third kappa shape index (κ3) is 4.75. The maximum atomic E-state index is 12.0. The van der Waals surface area contributed by atoms with Crippen LogP contribution in [0.25, 0.3) is 0 Å². The van der Waals surface area contributed by atoms with Gasteiger partial charge in [0.25, 0.3) is 0 Å². The Bertz CT molecular complexity index is 291. The first-order chi connectivity index (χ1) is 9.07. The normalized spacial score (nSPS) is 24.4. The fourth-order valence-corrected chi connectivity index (χ4v) is 2.68. The molecule has 2 rings (SSSR count). The van der Waals surface area contributed by atoms with Gasteiger partial charge in [-0.25, -0.2) is 0 Å². The number of hydrogen-bond acceptors (Lipinski definition) is 4. The van der Waals surface area contributed by atoms with E-state index >= 15 is 0 Å². The molecule has 0 saturated carbocycles. The van der Waals surface area contributed by atoms with E-state index in [1.54, 1.807) is 0 Å². The van der Waals surface area contributed by atoms with Gasteiger partial charge in [-0.3, -0.25) is 4.79 Å². The fourth-order valence-electron chi connectivity index (χ4n) is 2.68. The number of carbonyl (C=O) groups is 1. The van der Waals surface area contributed by atoms with E-state index in [-0.39, 0.29) is 5.91 Å². The molecule has 2 fully saturated rings. The van der Waals surface area contributed by atoms with Gasteiger partial charge in [-0.05, 0) is 32.7 Å². The molecule has 1 amide bonds. The van der Waals surface area contributed by atoms with Crippen molar-refractivity contribution in [1.82, 2.24) is 9.80 Å². The lowest BCUT2D eigenvalue weighted by Gasteiger charge is -2.35. The molecule has 0 atom stereocenters. The van der Waals surface area contributed by atoms with Crippen LogP contribution in [0.3, 0.4) is 0 Å². The van der Waals surface area contributed by atoms with Crippen molar-refractivity contribution in [1.29, 1.82) is 0 Å². The first kappa shape index (κ1) is 14.8. The molecule has 0 aliphatic carbocycles. The van der Waals surface area contributed by atoms with Crippen LogP contribution in [0.5, 0.6) is 0 Å². The molecule has 5 nitrogen and oxygen atoms in total. The molecule has 2 aliphatic heterocycles. The van der Waals surface area contributed by atoms with Gasteiger partial charge >= 0.3 is 0 Å². The van der Waals surface area contributed by atoms with Crippen LogP contribution in [0.4, 0.5) is 0 Å². The first-order valence-electron chi connectivity index (χ1n) is 7.37. The van der Waals surface area contributed by atoms with Gasteiger partial charge in [-0.1, -0.05) is 0 Å². The van der Waals surface area contributed by atoms with Crippen molar-refractivity contribution in [3.05, 3.63) is 0 Å². The van der Waals surface area contributed by atoms with Crippen LogP contribution in [0, 0.1) is 0 Å². The van der Waals surface area contributed by atoms with Gasteiger partial charge in [0.1, 0.15) is 0 Å². The maximum Gasteiger partial charge on any atom is 0.222 e. The van der Waals surface area contributed by atoms with Crippen molar-refractivity contribution in [2.75, 3.05) is 45.9 Å². The average Bonchev–Trinajstić information content (AvgIpc) is 2.41. The summed E-state index contributed by atoms with van der Waals surface area (Å²) in [7, 11) is 0. The Kier molecular flexibility index (Phi) is 5.19. The predicted molar refractivity (Wildman–Crippen MR) is 72.9 cm³/mol. The standard InChI is InChI=1S/C14H26N2O3/c1-14(18)4-7-15(8-5-14)6-2-3-13(17)16-9-11-19-12-10-16/h18H,2-12H2,1H3. The van der Waals surface area contributed by atoms with Gasteiger partial charge in [0.15, 0.2) is 0 Å². The van der Waals surface area contributed by atoms with E-state index in [4.69, 9.17) is 4.74 Å². The van der Waals surface area contributed by atoms with E-state index in [9.17, 15) is 9.90 Å². The molecule has 5 heteroatoms. The van der Waals surface area contributed by atoms with E-state index < -0.39 is 5.60 Å². The van der Waals surface area contributed by atoms with Gasteiger partial charge in [0, 0.05) is 32.6 Å². The SMILES string of the molecule is CC1(O)CCN(CCCC(=O)N2CCOCC2)CC1. The molecule has 110 valence electrons. The Balaban J connectivity index is 1.60. The fraction of sp³-hybridized carbons (Fsp3) is 0.929. The van der Waals surface area contributed by atoms with Crippen molar-refractivity contribution in [3.8, 4) is 0 Å². The number of hydrogen-bond donors (Lipinski definition) is 1. The summed E-state index contributed by atoms with van der Waals surface area (Å²) in [4.78, 5) is 16.2. The molecule has 0 aromatic carbocycles. The van der Waals surface area contributed by atoms with Gasteiger partial charge in [-0.15, -0.1) is 0 Å². The molecule has 0 spiro atoms. The summed E-state index contributed by atoms with van der Waals surface area (Å²) < 4.78 is 5.24. The Hall–Kier alpha value is -0.650. The number of morpholine rings is 1. The Labute approximate surface area is 115 Å². The zero-order chi connectivity index (χ0) is 13.7. The molecular weight excluding hydrogens is 244 g/mol. The summed E-state index contributed by atoms with van der Waals surface area (Å²) in [5.41, 5.74) is -0.486. The minimum atomic E-state index is -0.486. The molecule has 0 unspecified atom stereocenters. The summed E-state index contributed by atoms with van der Waals surface area (Å²) in [6, 6.07) is 0. The number of nitrogens with zero attached hydrogens (tertiary/aromatic N) is 2. The minimum Gasteiger partial charge on any atom is -0.390 e. The van der Waals surface area contributed by atoms with Crippen molar-refractivity contribution in [3.63, 3.8) is 0 Å². The summed E-state index contributed by atoms with van der Waals surface area (Å²) in [6.07, 6.45) is 3.22. The van der Waals surface area contributed by atoms with E-state index in [0.717, 1.165) is 52.0 Å². The number of piperidine rings is 1. The monoisotopic (exact) mass is 270 g/mol. The zero-order valence-corrected chi connectivity index (χ0v) is 11.9. The second-order valence-corrected chi connectivity index (χ2v) is 5.94. The second kappa shape index (κ2) is 6.68. The highest BCUT2D eigenvalue weighted by Gasteiger charge is 2.27. The van der Waals surface area contributed by atoms with Crippen LogP contribution in [-0.2, 0) is 9.53 Å². The average molecular weight is 270 g/mol. The number of ether oxygens (including phenoxy) is 1. The zero-order valence-electron chi connectivity index (χ0n) is 11.9. The number of amides is 1. The molecule has 0 bridgehead atoms. The number of aliphatic hydroxyl groups is 1. The van der Waals surface area contributed by atoms with Crippen LogP contribution >= 0.6 is 0 Å². The molecule has 0 radical (unpaired) electrons. The topological polar surface area (TPSA) is 53.0 Å². The number of likely N-dealkylation sites (tertiary alicyclic amines) is 1. The first-order valence-corrected chi connectivity index (χ1v) is 7.37. The van der Waals surface area contributed by atoms with Crippen LogP contribution in [0.1, 0.15) is 32.6 Å². The molecule has 1 N–H and O–H groups in total. The summed E-state index contributed by atoms with van der Waals surface area (Å²) in [5, 5.41) is 9.88. The Morgan fingerprint density at radius 3 is 2.47 bits per heavy atom. The summed E-state index contributed by atoms with van der Waals surface area (Å²) in [6.45, 7) is 7.59. The lowest BCUT2D eigenvalue weighted by atomic mass is 9.94. The quantitative estimate of drug-likeness (QED) is 0.807. The summed E-state index contributed by atoms with van der Waals surface area (Å²) in [5.74, 6) is 0.257. The Morgan fingerprint density at radius 1 is 1.21 bits per heavy atom. The molecular formula is C14H26N2O3. The van der Waals surface area contributed by atoms with Crippen LogP contribution < -0.4 is 0 Å². The molecule has 0 aromatic rings. The third-order valence-corrected chi connectivity index (χ3v) is 4.16. The smallest absolute Gasteiger partial charge is 0.222 e. The summed E-state index contributed by atoms with van der Waals surface area (Å²) >= 11 is 0. The van der Waals surface area contributed by atoms with E-state index in [0.29, 0.717) is 19.6 Å². The molecule has 2 saturated heterocycles. The molecule has 2 heterocycles. The highest BCUT2D eigenvalue weighted by atomic mass is 16.5. The molecule has 0 aromatic heterocycles. The van der Waals surface area contributed by atoms with Crippen LogP contribution in [0.2, 0.25) is 0 Å². The molecule has 2 aliphatic rings. The number of rotatable bonds is 4. The van der Waals surface area contributed by atoms with E-state index in [1.807, 2.05) is 11.8 Å². The molecule has 19 heavy (non-hydrogen) atoms. The highest BCUT2D eigenvalue weighted by Crippen LogP contribution is 2.21. The highest BCUT2D eigenvalue weighted by molar-refractivity contribution is 5.76. The largest absolute Gasteiger partial charge is 0.390 e. The maximum absolute atomic E-state index is 12.0. The van der Waals surface area contributed by atoms with Gasteiger partial charge in [0.2, 0.25) is 5.91 Å². The van der Waals surface area contributed by atoms with Crippen LogP contribution in [-0.4, -0.2) is 72.4 Å². The van der Waals surface area contributed by atoms with Crippen LogP contribution in [0.15, 0.2) is 0 Å². The third-order valence-electron chi connectivity index (χ3n) is 4.16. The van der Waals surface area contributed by atoms with Crippen molar-refractivity contribution in [2.24, 2.45) is 0 Å². The van der Waals surface area contributed by atoms with Gasteiger partial charge < -0.3 is 19.6 Å². The lowest BCUT2D eigenvalue weighted by molar-refractivity contribution is -0.135. The second-order valence-electron chi connectivity index (χ2n) is 5.94.